The maximum atomic E-state index is 12.8. The molecule has 1 fully saturated rings. The molecule has 1 saturated heterocycles. The summed E-state index contributed by atoms with van der Waals surface area (Å²) in [7, 11) is -5.84. The monoisotopic (exact) mass is 516 g/mol. The molecule has 10 nitrogen and oxygen atoms in total. The number of methoxy groups -OCH3 is 2. The van der Waals surface area contributed by atoms with Gasteiger partial charge in [0.2, 0.25) is 0 Å². The van der Waals surface area contributed by atoms with Crippen molar-refractivity contribution in [1.29, 1.82) is 0 Å². The van der Waals surface area contributed by atoms with E-state index in [4.69, 9.17) is 22.6 Å². The Hall–Kier alpha value is -1.90. The second kappa shape index (κ2) is 10.8. The van der Waals surface area contributed by atoms with Crippen molar-refractivity contribution in [3.8, 4) is 0 Å². The lowest BCUT2D eigenvalue weighted by atomic mass is 10.1. The minimum Gasteiger partial charge on any atom is -0.387 e. The Morgan fingerprint density at radius 2 is 1.32 bits per heavy atom. The summed E-state index contributed by atoms with van der Waals surface area (Å²) in [5, 5.41) is 10.8. The van der Waals surface area contributed by atoms with E-state index in [9.17, 15) is 21.9 Å². The average Bonchev–Trinajstić information content (AvgIpc) is 3.09. The molecule has 1 heterocycles. The highest BCUT2D eigenvalue weighted by Gasteiger charge is 2.51. The highest BCUT2D eigenvalue weighted by molar-refractivity contribution is 7.87. The fourth-order valence-corrected chi connectivity index (χ4v) is 5.45. The predicted octanol–water partition coefficient (Wildman–Crippen LogP) is 1.53. The van der Waals surface area contributed by atoms with Crippen LogP contribution in [0.2, 0.25) is 0 Å². The summed E-state index contributed by atoms with van der Waals surface area (Å²) in [6.07, 6.45) is -6.55. The van der Waals surface area contributed by atoms with E-state index in [0.717, 1.165) is 11.1 Å². The van der Waals surface area contributed by atoms with Gasteiger partial charge >= 0.3 is 0 Å². The van der Waals surface area contributed by atoms with Crippen molar-refractivity contribution >= 4 is 20.2 Å². The first-order valence-corrected chi connectivity index (χ1v) is 13.2. The van der Waals surface area contributed by atoms with Crippen molar-refractivity contribution in [2.75, 3.05) is 20.8 Å². The van der Waals surface area contributed by atoms with Crippen molar-refractivity contribution in [2.45, 2.75) is 54.3 Å². The van der Waals surface area contributed by atoms with Gasteiger partial charge in [0.1, 0.15) is 24.4 Å². The molecule has 3 rings (SSSR count). The normalized spacial score (nSPS) is 23.5. The zero-order valence-corrected chi connectivity index (χ0v) is 20.8. The summed E-state index contributed by atoms with van der Waals surface area (Å²) in [6, 6.07) is 12.0. The van der Waals surface area contributed by atoms with Gasteiger partial charge in [-0.15, -0.1) is 0 Å². The van der Waals surface area contributed by atoms with E-state index < -0.39 is 57.5 Å². The topological polar surface area (TPSA) is 135 Å². The SMILES string of the molecule is COC(OC)[C@@H]1O[C@@H](COS(=O)(=O)c2ccc(C)cc2)[C@@H](O)[C@@H]1OS(=O)(=O)c1ccc(C)cc1. The zero-order chi connectivity index (χ0) is 25.1. The van der Waals surface area contributed by atoms with Gasteiger partial charge in [-0.05, 0) is 38.1 Å². The molecule has 0 bridgehead atoms. The van der Waals surface area contributed by atoms with E-state index in [1.165, 1.54) is 38.5 Å². The second-order valence-electron chi connectivity index (χ2n) is 7.85. The van der Waals surface area contributed by atoms with Crippen molar-refractivity contribution in [3.05, 3.63) is 59.7 Å². The van der Waals surface area contributed by atoms with Crippen LogP contribution in [0.25, 0.3) is 0 Å². The molecule has 34 heavy (non-hydrogen) atoms. The van der Waals surface area contributed by atoms with Gasteiger partial charge in [-0.3, -0.25) is 8.37 Å². The average molecular weight is 517 g/mol. The number of rotatable bonds is 10. The zero-order valence-electron chi connectivity index (χ0n) is 19.2. The summed E-state index contributed by atoms with van der Waals surface area (Å²) in [4.78, 5) is -0.180. The highest BCUT2D eigenvalue weighted by Crippen LogP contribution is 2.31. The molecular weight excluding hydrogens is 488 g/mol. The standard InChI is InChI=1S/C22H28O10S2/c1-14-5-9-16(10-6-14)33(24,25)30-13-18-19(23)20(21(31-18)22(28-3)29-4)32-34(26,27)17-11-7-15(2)8-12-17/h5-12,18-23H,13H2,1-4H3/t18-,19+,20-,21+/m0/s1. The lowest BCUT2D eigenvalue weighted by molar-refractivity contribution is -0.190. The van der Waals surface area contributed by atoms with E-state index in [-0.39, 0.29) is 9.79 Å². The van der Waals surface area contributed by atoms with Crippen LogP contribution in [0.15, 0.2) is 58.3 Å². The first kappa shape index (κ1) is 26.7. The Labute approximate surface area is 199 Å². The number of hydrogen-bond acceptors (Lipinski definition) is 10. The summed E-state index contributed by atoms with van der Waals surface area (Å²) in [6.45, 7) is 3.03. The third-order valence-electron chi connectivity index (χ3n) is 5.35. The van der Waals surface area contributed by atoms with Crippen LogP contribution in [-0.2, 0) is 42.8 Å². The van der Waals surface area contributed by atoms with Gasteiger partial charge in [0, 0.05) is 14.2 Å². The van der Waals surface area contributed by atoms with Gasteiger partial charge in [-0.2, -0.15) is 16.8 Å². The third-order valence-corrected chi connectivity index (χ3v) is 7.97. The van der Waals surface area contributed by atoms with Gasteiger partial charge < -0.3 is 19.3 Å². The Kier molecular flexibility index (Phi) is 8.47. The molecule has 2 aromatic carbocycles. The maximum absolute atomic E-state index is 12.8. The van der Waals surface area contributed by atoms with Crippen LogP contribution in [0.3, 0.4) is 0 Å². The summed E-state index contributed by atoms with van der Waals surface area (Å²) in [5.41, 5.74) is 1.73. The third kappa shape index (κ3) is 6.01. The Bertz CT molecular complexity index is 1160. The molecule has 1 N–H and O–H groups in total. The van der Waals surface area contributed by atoms with Gasteiger partial charge in [0.15, 0.2) is 6.29 Å². The quantitative estimate of drug-likeness (QED) is 0.366. The molecule has 1 aliphatic heterocycles. The Morgan fingerprint density at radius 3 is 1.79 bits per heavy atom. The van der Waals surface area contributed by atoms with Crippen LogP contribution < -0.4 is 0 Å². The molecule has 4 atom stereocenters. The van der Waals surface area contributed by atoms with Gasteiger partial charge in [0.05, 0.1) is 16.4 Å². The fourth-order valence-electron chi connectivity index (χ4n) is 3.44. The lowest BCUT2D eigenvalue weighted by Crippen LogP contribution is -2.43. The number of aliphatic hydroxyl groups is 1. The Morgan fingerprint density at radius 1 is 0.853 bits per heavy atom. The van der Waals surface area contributed by atoms with Crippen molar-refractivity contribution < 1.29 is 44.5 Å². The van der Waals surface area contributed by atoms with E-state index in [1.807, 2.05) is 6.92 Å². The van der Waals surface area contributed by atoms with Crippen molar-refractivity contribution in [2.24, 2.45) is 0 Å². The molecule has 0 spiro atoms. The summed E-state index contributed by atoms with van der Waals surface area (Å²) < 4.78 is 77.2. The molecule has 0 unspecified atom stereocenters. The second-order valence-corrected chi connectivity index (χ2v) is 11.0. The first-order chi connectivity index (χ1) is 16.0. The largest absolute Gasteiger partial charge is 0.387 e. The molecular formula is C22H28O10S2. The molecule has 0 saturated carbocycles. The van der Waals surface area contributed by atoms with Gasteiger partial charge in [-0.1, -0.05) is 35.4 Å². The highest BCUT2D eigenvalue weighted by atomic mass is 32.2. The van der Waals surface area contributed by atoms with Crippen LogP contribution >= 0.6 is 0 Å². The lowest BCUT2D eigenvalue weighted by Gasteiger charge is -2.25. The number of benzene rings is 2. The molecule has 1 aliphatic rings. The van der Waals surface area contributed by atoms with Crippen LogP contribution in [0.5, 0.6) is 0 Å². The molecule has 0 amide bonds. The predicted molar refractivity (Wildman–Crippen MR) is 120 cm³/mol. The molecule has 12 heteroatoms. The van der Waals surface area contributed by atoms with E-state index in [1.54, 1.807) is 31.2 Å². The first-order valence-electron chi connectivity index (χ1n) is 10.3. The number of ether oxygens (including phenoxy) is 3. The minimum atomic E-state index is -4.30. The summed E-state index contributed by atoms with van der Waals surface area (Å²) >= 11 is 0. The van der Waals surface area contributed by atoms with Crippen molar-refractivity contribution in [1.82, 2.24) is 0 Å². The number of hydrogen-bond donors (Lipinski definition) is 1. The molecule has 0 aliphatic carbocycles. The van der Waals surface area contributed by atoms with Gasteiger partial charge in [-0.25, -0.2) is 0 Å². The summed E-state index contributed by atoms with van der Waals surface area (Å²) in [5.74, 6) is 0. The number of aliphatic hydroxyl groups excluding tert-OH is 1. The maximum Gasteiger partial charge on any atom is 0.297 e. The minimum absolute atomic E-state index is 0.0662. The van der Waals surface area contributed by atoms with Crippen molar-refractivity contribution in [3.63, 3.8) is 0 Å². The fraction of sp³-hybridized carbons (Fsp3) is 0.455. The van der Waals surface area contributed by atoms with Crippen LogP contribution in [0, 0.1) is 13.8 Å². The van der Waals surface area contributed by atoms with Crippen LogP contribution in [-0.4, -0.2) is 73.5 Å². The van der Waals surface area contributed by atoms with Crippen LogP contribution in [0.1, 0.15) is 11.1 Å². The number of aryl methyl sites for hydroxylation is 2. The Balaban J connectivity index is 1.80. The van der Waals surface area contributed by atoms with E-state index in [0.29, 0.717) is 0 Å². The molecule has 0 radical (unpaired) electrons. The van der Waals surface area contributed by atoms with E-state index in [2.05, 4.69) is 0 Å². The van der Waals surface area contributed by atoms with Crippen LogP contribution in [0.4, 0.5) is 0 Å². The molecule has 0 aromatic heterocycles. The smallest absolute Gasteiger partial charge is 0.297 e. The van der Waals surface area contributed by atoms with Gasteiger partial charge in [0.25, 0.3) is 20.2 Å². The molecule has 188 valence electrons. The molecule has 2 aromatic rings. The van der Waals surface area contributed by atoms with E-state index >= 15 is 0 Å².